The van der Waals surface area contributed by atoms with Crippen molar-refractivity contribution in [3.8, 4) is 0 Å². The summed E-state index contributed by atoms with van der Waals surface area (Å²) in [6.07, 6.45) is 0.992. The van der Waals surface area contributed by atoms with Crippen molar-refractivity contribution in [1.82, 2.24) is 0 Å². The standard InChI is InChI=1S/C10H14O2/c1-4-7(2)9-6-5-8(3)10(11)12-9/h5-7H,4H2,1-3H3/t7-/m1/s1. The maximum absolute atomic E-state index is 11.1. The van der Waals surface area contributed by atoms with Crippen LogP contribution in [-0.4, -0.2) is 0 Å². The Labute approximate surface area is 72.2 Å². The number of aryl methyl sites for hydroxylation is 1. The maximum atomic E-state index is 11.1. The van der Waals surface area contributed by atoms with Gasteiger partial charge in [0.2, 0.25) is 0 Å². The van der Waals surface area contributed by atoms with Crippen molar-refractivity contribution in [2.75, 3.05) is 0 Å². The predicted molar refractivity (Wildman–Crippen MR) is 48.4 cm³/mol. The Balaban J connectivity index is 3.05. The SMILES string of the molecule is CC[C@@H](C)c1ccc(C)c(=O)o1. The van der Waals surface area contributed by atoms with Crippen LogP contribution in [-0.2, 0) is 0 Å². The Morgan fingerprint density at radius 2 is 2.17 bits per heavy atom. The van der Waals surface area contributed by atoms with Gasteiger partial charge in [-0.3, -0.25) is 0 Å². The van der Waals surface area contributed by atoms with E-state index in [1.165, 1.54) is 0 Å². The van der Waals surface area contributed by atoms with E-state index in [9.17, 15) is 4.79 Å². The van der Waals surface area contributed by atoms with E-state index in [4.69, 9.17) is 4.42 Å². The highest BCUT2D eigenvalue weighted by Gasteiger charge is 2.06. The summed E-state index contributed by atoms with van der Waals surface area (Å²) in [5, 5.41) is 0. The average molecular weight is 166 g/mol. The fourth-order valence-electron chi connectivity index (χ4n) is 0.963. The second-order valence-corrected chi connectivity index (χ2v) is 3.12. The van der Waals surface area contributed by atoms with Crippen LogP contribution in [0.15, 0.2) is 21.3 Å². The van der Waals surface area contributed by atoms with Crippen LogP contribution in [0.4, 0.5) is 0 Å². The number of hydrogen-bond donors (Lipinski definition) is 0. The van der Waals surface area contributed by atoms with Gasteiger partial charge in [0, 0.05) is 11.5 Å². The lowest BCUT2D eigenvalue weighted by molar-refractivity contribution is 0.423. The summed E-state index contributed by atoms with van der Waals surface area (Å²) < 4.78 is 5.11. The first kappa shape index (κ1) is 9.04. The third-order valence-electron chi connectivity index (χ3n) is 2.13. The second kappa shape index (κ2) is 3.57. The molecule has 12 heavy (non-hydrogen) atoms. The smallest absolute Gasteiger partial charge is 0.338 e. The summed E-state index contributed by atoms with van der Waals surface area (Å²) >= 11 is 0. The van der Waals surface area contributed by atoms with Gasteiger partial charge >= 0.3 is 5.63 Å². The van der Waals surface area contributed by atoms with Gasteiger partial charge in [-0.2, -0.15) is 0 Å². The Bertz CT molecular complexity index is 312. The minimum Gasteiger partial charge on any atom is -0.427 e. The van der Waals surface area contributed by atoms with Crippen molar-refractivity contribution in [2.24, 2.45) is 0 Å². The highest BCUT2D eigenvalue weighted by atomic mass is 16.4. The first-order chi connectivity index (χ1) is 5.65. The summed E-state index contributed by atoms with van der Waals surface area (Å²) in [6, 6.07) is 3.69. The quantitative estimate of drug-likeness (QED) is 0.675. The normalized spacial score (nSPS) is 12.9. The molecule has 1 aromatic rings. The van der Waals surface area contributed by atoms with Crippen LogP contribution < -0.4 is 5.63 Å². The lowest BCUT2D eigenvalue weighted by atomic mass is 10.1. The molecule has 0 fully saturated rings. The van der Waals surface area contributed by atoms with Crippen molar-refractivity contribution < 1.29 is 4.42 Å². The molecule has 0 radical (unpaired) electrons. The van der Waals surface area contributed by atoms with Gasteiger partial charge in [-0.25, -0.2) is 4.79 Å². The van der Waals surface area contributed by atoms with Crippen LogP contribution in [0.3, 0.4) is 0 Å². The van der Waals surface area contributed by atoms with Crippen LogP contribution in [0.2, 0.25) is 0 Å². The van der Waals surface area contributed by atoms with Gasteiger partial charge in [0.25, 0.3) is 0 Å². The second-order valence-electron chi connectivity index (χ2n) is 3.12. The zero-order valence-electron chi connectivity index (χ0n) is 7.76. The van der Waals surface area contributed by atoms with E-state index in [2.05, 4.69) is 6.92 Å². The van der Waals surface area contributed by atoms with Crippen molar-refractivity contribution in [3.05, 3.63) is 33.9 Å². The van der Waals surface area contributed by atoms with E-state index in [0.29, 0.717) is 11.5 Å². The maximum Gasteiger partial charge on any atom is 0.338 e. The van der Waals surface area contributed by atoms with Crippen LogP contribution in [0.1, 0.15) is 37.5 Å². The highest BCUT2D eigenvalue weighted by molar-refractivity contribution is 5.11. The van der Waals surface area contributed by atoms with E-state index in [1.807, 2.05) is 19.1 Å². The van der Waals surface area contributed by atoms with Gasteiger partial charge in [0.05, 0.1) is 0 Å². The summed E-state index contributed by atoms with van der Waals surface area (Å²) in [4.78, 5) is 11.1. The lowest BCUT2D eigenvalue weighted by Crippen LogP contribution is -2.05. The molecule has 0 aliphatic carbocycles. The monoisotopic (exact) mass is 166 g/mol. The third-order valence-corrected chi connectivity index (χ3v) is 2.13. The van der Waals surface area contributed by atoms with Gasteiger partial charge in [0.15, 0.2) is 0 Å². The molecule has 0 saturated carbocycles. The van der Waals surface area contributed by atoms with Gasteiger partial charge < -0.3 is 4.42 Å². The van der Waals surface area contributed by atoms with Crippen LogP contribution in [0.5, 0.6) is 0 Å². The van der Waals surface area contributed by atoms with Crippen molar-refractivity contribution in [3.63, 3.8) is 0 Å². The molecule has 0 N–H and O–H groups in total. The van der Waals surface area contributed by atoms with E-state index < -0.39 is 0 Å². The fourth-order valence-corrected chi connectivity index (χ4v) is 0.963. The topological polar surface area (TPSA) is 30.2 Å². The molecule has 0 spiro atoms. The van der Waals surface area contributed by atoms with E-state index in [1.54, 1.807) is 6.92 Å². The third kappa shape index (κ3) is 1.76. The fraction of sp³-hybridized carbons (Fsp3) is 0.500. The Morgan fingerprint density at radius 3 is 2.67 bits per heavy atom. The highest BCUT2D eigenvalue weighted by Crippen LogP contribution is 2.16. The summed E-state index contributed by atoms with van der Waals surface area (Å²) in [6.45, 7) is 5.88. The lowest BCUT2D eigenvalue weighted by Gasteiger charge is -2.05. The van der Waals surface area contributed by atoms with E-state index in [0.717, 1.165) is 12.2 Å². The molecule has 2 nitrogen and oxygen atoms in total. The van der Waals surface area contributed by atoms with Gasteiger partial charge in [-0.05, 0) is 25.5 Å². The predicted octanol–water partition coefficient (Wildman–Crippen LogP) is 2.46. The van der Waals surface area contributed by atoms with E-state index >= 15 is 0 Å². The largest absolute Gasteiger partial charge is 0.427 e. The summed E-state index contributed by atoms with van der Waals surface area (Å²) in [7, 11) is 0. The molecule has 0 aliphatic heterocycles. The average Bonchev–Trinajstić information content (AvgIpc) is 2.08. The molecule has 0 bridgehead atoms. The zero-order valence-corrected chi connectivity index (χ0v) is 7.76. The Hall–Kier alpha value is -1.05. The molecule has 1 aromatic heterocycles. The Kier molecular flexibility index (Phi) is 2.69. The summed E-state index contributed by atoms with van der Waals surface area (Å²) in [5.74, 6) is 1.12. The molecule has 2 heteroatoms. The molecule has 1 heterocycles. The molecule has 1 atom stereocenters. The number of hydrogen-bond acceptors (Lipinski definition) is 2. The molecule has 1 rings (SSSR count). The van der Waals surface area contributed by atoms with Crippen LogP contribution >= 0.6 is 0 Å². The van der Waals surface area contributed by atoms with Gasteiger partial charge in [-0.15, -0.1) is 0 Å². The number of rotatable bonds is 2. The van der Waals surface area contributed by atoms with Crippen molar-refractivity contribution in [2.45, 2.75) is 33.1 Å². The summed E-state index contributed by atoms with van der Waals surface area (Å²) in [5.41, 5.74) is 0.454. The van der Waals surface area contributed by atoms with Crippen molar-refractivity contribution >= 4 is 0 Å². The minimum atomic E-state index is -0.215. The molecule has 0 amide bonds. The molecular formula is C10H14O2. The molecule has 66 valence electrons. The van der Waals surface area contributed by atoms with Crippen LogP contribution in [0, 0.1) is 6.92 Å². The minimum absolute atomic E-state index is 0.215. The zero-order chi connectivity index (χ0) is 9.14. The van der Waals surface area contributed by atoms with Gasteiger partial charge in [-0.1, -0.05) is 13.8 Å². The molecule has 0 aliphatic rings. The molecule has 0 saturated heterocycles. The molecule has 0 aromatic carbocycles. The first-order valence-corrected chi connectivity index (χ1v) is 4.25. The first-order valence-electron chi connectivity index (χ1n) is 4.25. The van der Waals surface area contributed by atoms with Gasteiger partial charge in [0.1, 0.15) is 5.76 Å². The van der Waals surface area contributed by atoms with Crippen LogP contribution in [0.25, 0.3) is 0 Å². The Morgan fingerprint density at radius 1 is 1.50 bits per heavy atom. The molecule has 0 unspecified atom stereocenters. The van der Waals surface area contributed by atoms with Crippen molar-refractivity contribution in [1.29, 1.82) is 0 Å². The van der Waals surface area contributed by atoms with E-state index in [-0.39, 0.29) is 5.63 Å². The molecular weight excluding hydrogens is 152 g/mol.